The van der Waals surface area contributed by atoms with Crippen LogP contribution < -0.4 is 16.0 Å². The molecule has 162 valence electrons. The number of hydrogen-bond donors (Lipinski definition) is 4. The molecule has 3 amide bonds. The van der Waals surface area contributed by atoms with Crippen molar-refractivity contribution in [1.29, 1.82) is 0 Å². The normalized spacial score (nSPS) is 10.6. The highest BCUT2D eigenvalue weighted by molar-refractivity contribution is 7.99. The van der Waals surface area contributed by atoms with Gasteiger partial charge in [-0.25, -0.2) is 14.6 Å². The first-order chi connectivity index (χ1) is 15.5. The summed E-state index contributed by atoms with van der Waals surface area (Å²) in [4.78, 5) is 32.8. The highest BCUT2D eigenvalue weighted by Crippen LogP contribution is 2.31. The van der Waals surface area contributed by atoms with Crippen LogP contribution in [0.25, 0.3) is 11.0 Å². The fraction of sp³-hybridized carbons (Fsp3) is 0.0455. The van der Waals surface area contributed by atoms with Gasteiger partial charge < -0.3 is 20.4 Å². The summed E-state index contributed by atoms with van der Waals surface area (Å²) in [6.45, 7) is 0. The van der Waals surface area contributed by atoms with E-state index < -0.39 is 6.09 Å². The van der Waals surface area contributed by atoms with Gasteiger partial charge in [0.15, 0.2) is 0 Å². The Morgan fingerprint density at radius 2 is 1.72 bits per heavy atom. The van der Waals surface area contributed by atoms with E-state index in [1.165, 1.54) is 7.11 Å². The Morgan fingerprint density at radius 1 is 0.969 bits per heavy atom. The molecule has 10 heteroatoms. The zero-order chi connectivity index (χ0) is 22.5. The molecule has 0 saturated heterocycles. The van der Waals surface area contributed by atoms with Gasteiger partial charge in [0.05, 0.1) is 28.9 Å². The molecule has 0 aliphatic rings. The number of benzene rings is 3. The number of halogens is 1. The van der Waals surface area contributed by atoms with Crippen LogP contribution in [0, 0.1) is 0 Å². The van der Waals surface area contributed by atoms with Gasteiger partial charge in [-0.15, -0.1) is 0 Å². The number of hydrogen-bond acceptors (Lipinski definition) is 5. The lowest BCUT2D eigenvalue weighted by Crippen LogP contribution is -2.19. The molecule has 8 nitrogen and oxygen atoms in total. The maximum Gasteiger partial charge on any atom is 0.413 e. The molecular formula is C22H18ClN5O3S. The first-order valence-corrected chi connectivity index (χ1v) is 10.6. The number of nitrogens with one attached hydrogen (secondary N) is 4. The number of amides is 3. The third-order valence-corrected chi connectivity index (χ3v) is 5.66. The summed E-state index contributed by atoms with van der Waals surface area (Å²) < 4.78 is 4.57. The van der Waals surface area contributed by atoms with E-state index in [2.05, 4.69) is 30.7 Å². The van der Waals surface area contributed by atoms with Crippen LogP contribution in [-0.2, 0) is 4.74 Å². The number of nitrogens with zero attached hydrogens (tertiary/aromatic N) is 1. The number of carbonyl (C=O) groups is 2. The molecule has 3 aromatic carbocycles. The van der Waals surface area contributed by atoms with Crippen LogP contribution in [-0.4, -0.2) is 29.2 Å². The van der Waals surface area contributed by atoms with E-state index in [0.717, 1.165) is 20.8 Å². The van der Waals surface area contributed by atoms with Gasteiger partial charge in [0.2, 0.25) is 5.95 Å². The second kappa shape index (κ2) is 9.63. The Balaban J connectivity index is 1.38. The average Bonchev–Trinajstić information content (AvgIpc) is 3.18. The molecule has 0 spiro atoms. The van der Waals surface area contributed by atoms with Crippen molar-refractivity contribution in [1.82, 2.24) is 9.97 Å². The number of aromatic nitrogens is 2. The lowest BCUT2D eigenvalue weighted by molar-refractivity contribution is 0.186. The van der Waals surface area contributed by atoms with Crippen molar-refractivity contribution in [2.75, 3.05) is 23.1 Å². The lowest BCUT2D eigenvalue weighted by Gasteiger charge is -2.09. The van der Waals surface area contributed by atoms with E-state index in [0.29, 0.717) is 22.3 Å². The predicted molar refractivity (Wildman–Crippen MR) is 127 cm³/mol. The van der Waals surface area contributed by atoms with Crippen LogP contribution in [0.4, 0.5) is 26.9 Å². The molecule has 4 N–H and O–H groups in total. The van der Waals surface area contributed by atoms with E-state index in [9.17, 15) is 9.59 Å². The summed E-state index contributed by atoms with van der Waals surface area (Å²) in [7, 11) is 1.29. The van der Waals surface area contributed by atoms with Crippen LogP contribution >= 0.6 is 23.4 Å². The number of fused-ring (bicyclic) bond motifs is 1. The number of methoxy groups -OCH3 is 1. The Bertz CT molecular complexity index is 1280. The Hall–Kier alpha value is -3.69. The Labute approximate surface area is 192 Å². The van der Waals surface area contributed by atoms with E-state index >= 15 is 0 Å². The van der Waals surface area contributed by atoms with Crippen molar-refractivity contribution < 1.29 is 14.3 Å². The lowest BCUT2D eigenvalue weighted by atomic mass is 10.3. The van der Waals surface area contributed by atoms with Gasteiger partial charge in [-0.1, -0.05) is 35.5 Å². The van der Waals surface area contributed by atoms with Crippen LogP contribution in [0.1, 0.15) is 0 Å². The molecule has 32 heavy (non-hydrogen) atoms. The molecule has 0 aliphatic carbocycles. The minimum absolute atomic E-state index is 0.319. The SMILES string of the molecule is COC(=O)Nc1nc2ccc(Sc3ccc(NC(=O)Nc4ccccc4Cl)cc3)cc2[nH]1. The monoisotopic (exact) mass is 467 g/mol. The standard InChI is InChI=1S/C22H18ClN5O3S/c1-31-22(30)28-20-25-18-11-10-15(12-19(18)26-20)32-14-8-6-13(7-9-14)24-21(29)27-17-5-3-2-4-16(17)23/h2-12H,1H3,(H2,24,27,29)(H2,25,26,28,30). The van der Waals surface area contributed by atoms with Gasteiger partial charge in [-0.2, -0.15) is 0 Å². The molecule has 0 aliphatic heterocycles. The predicted octanol–water partition coefficient (Wildman–Crippen LogP) is 6.19. The fourth-order valence-electron chi connectivity index (χ4n) is 2.85. The highest BCUT2D eigenvalue weighted by atomic mass is 35.5. The molecule has 0 saturated carbocycles. The number of anilines is 3. The number of carbonyl (C=O) groups excluding carboxylic acids is 2. The van der Waals surface area contributed by atoms with Crippen molar-refractivity contribution in [3.8, 4) is 0 Å². The van der Waals surface area contributed by atoms with Crippen LogP contribution in [0.2, 0.25) is 5.02 Å². The molecular weight excluding hydrogens is 450 g/mol. The number of imidazole rings is 1. The smallest absolute Gasteiger partial charge is 0.413 e. The molecule has 0 fully saturated rings. The quantitative estimate of drug-likeness (QED) is 0.280. The largest absolute Gasteiger partial charge is 0.453 e. The Morgan fingerprint density at radius 3 is 2.47 bits per heavy atom. The molecule has 1 aromatic heterocycles. The first-order valence-electron chi connectivity index (χ1n) is 9.45. The summed E-state index contributed by atoms with van der Waals surface area (Å²) in [5.74, 6) is 0.319. The fourth-order valence-corrected chi connectivity index (χ4v) is 3.89. The summed E-state index contributed by atoms with van der Waals surface area (Å²) in [6, 6.07) is 19.9. The van der Waals surface area contributed by atoms with Crippen LogP contribution in [0.15, 0.2) is 76.5 Å². The van der Waals surface area contributed by atoms with Gasteiger partial charge >= 0.3 is 12.1 Å². The molecule has 1 heterocycles. The number of H-pyrrole nitrogens is 1. The Kier molecular flexibility index (Phi) is 6.48. The third-order valence-electron chi connectivity index (χ3n) is 4.33. The second-order valence-electron chi connectivity index (χ2n) is 6.57. The number of aromatic amines is 1. The van der Waals surface area contributed by atoms with E-state index in [1.54, 1.807) is 36.0 Å². The zero-order valence-electron chi connectivity index (χ0n) is 16.8. The summed E-state index contributed by atoms with van der Waals surface area (Å²) in [5.41, 5.74) is 2.71. The number of rotatable bonds is 5. The van der Waals surface area contributed by atoms with Crippen LogP contribution in [0.5, 0.6) is 0 Å². The maximum atomic E-state index is 12.2. The topological polar surface area (TPSA) is 108 Å². The average molecular weight is 468 g/mol. The number of ether oxygens (including phenoxy) is 1. The molecule has 0 atom stereocenters. The molecule has 0 bridgehead atoms. The van der Waals surface area contributed by atoms with E-state index in [-0.39, 0.29) is 6.03 Å². The zero-order valence-corrected chi connectivity index (χ0v) is 18.4. The van der Waals surface area contributed by atoms with Gasteiger partial charge in [-0.3, -0.25) is 5.32 Å². The molecule has 0 unspecified atom stereocenters. The van der Waals surface area contributed by atoms with Crippen molar-refractivity contribution in [3.63, 3.8) is 0 Å². The van der Waals surface area contributed by atoms with Crippen molar-refractivity contribution >= 4 is 63.8 Å². The summed E-state index contributed by atoms with van der Waals surface area (Å²) in [6.07, 6.45) is -0.590. The molecule has 0 radical (unpaired) electrons. The third kappa shape index (κ3) is 5.32. The van der Waals surface area contributed by atoms with Crippen molar-refractivity contribution in [2.45, 2.75) is 9.79 Å². The van der Waals surface area contributed by atoms with Crippen LogP contribution in [0.3, 0.4) is 0 Å². The van der Waals surface area contributed by atoms with Crippen molar-refractivity contribution in [3.05, 3.63) is 71.8 Å². The second-order valence-corrected chi connectivity index (χ2v) is 8.12. The number of para-hydroxylation sites is 1. The summed E-state index contributed by atoms with van der Waals surface area (Å²) >= 11 is 7.62. The minimum atomic E-state index is -0.590. The van der Waals surface area contributed by atoms with Gasteiger partial charge in [-0.05, 0) is 54.6 Å². The molecule has 4 rings (SSSR count). The highest BCUT2D eigenvalue weighted by Gasteiger charge is 2.09. The maximum absolute atomic E-state index is 12.2. The van der Waals surface area contributed by atoms with Gasteiger partial charge in [0, 0.05) is 15.5 Å². The van der Waals surface area contributed by atoms with E-state index in [4.69, 9.17) is 11.6 Å². The summed E-state index contributed by atoms with van der Waals surface area (Å²) in [5, 5.41) is 8.47. The van der Waals surface area contributed by atoms with Gasteiger partial charge in [0.1, 0.15) is 0 Å². The van der Waals surface area contributed by atoms with Gasteiger partial charge in [0.25, 0.3) is 0 Å². The first kappa shape index (κ1) is 21.5. The van der Waals surface area contributed by atoms with Crippen molar-refractivity contribution in [2.24, 2.45) is 0 Å². The minimum Gasteiger partial charge on any atom is -0.453 e. The number of urea groups is 1. The van der Waals surface area contributed by atoms with E-state index in [1.807, 2.05) is 42.5 Å². The molecule has 4 aromatic rings.